The Balaban J connectivity index is 1.56. The second-order valence-electron chi connectivity index (χ2n) is 7.92. The van der Waals surface area contributed by atoms with E-state index in [2.05, 4.69) is 48.0 Å². The molecule has 1 fully saturated rings. The molecule has 3 rings (SSSR count). The minimum Gasteiger partial charge on any atom is -0.343 e. The smallest absolute Gasteiger partial charge is 0.228 e. The van der Waals surface area contributed by atoms with E-state index in [0.29, 0.717) is 6.42 Å². The molecule has 1 aromatic heterocycles. The minimum atomic E-state index is 0.181. The van der Waals surface area contributed by atoms with Crippen LogP contribution < -0.4 is 0 Å². The molecule has 158 valence electrons. The fourth-order valence-electron chi connectivity index (χ4n) is 3.61. The molecule has 1 aliphatic rings. The van der Waals surface area contributed by atoms with Crippen LogP contribution in [0.3, 0.4) is 0 Å². The summed E-state index contributed by atoms with van der Waals surface area (Å²) in [4.78, 5) is 24.1. The van der Waals surface area contributed by atoms with E-state index in [4.69, 9.17) is 4.98 Å². The maximum absolute atomic E-state index is 12.5. The number of carbonyl (C=O) groups is 1. The van der Waals surface area contributed by atoms with Gasteiger partial charge in [-0.15, -0.1) is 11.3 Å². The first kappa shape index (κ1) is 21.9. The van der Waals surface area contributed by atoms with Crippen LogP contribution in [0.4, 0.5) is 0 Å². The number of likely N-dealkylation sites (N-methyl/N-ethyl adjacent to an activating group) is 2. The number of thiazole rings is 1. The van der Waals surface area contributed by atoms with E-state index >= 15 is 0 Å². The van der Waals surface area contributed by atoms with Crippen molar-refractivity contribution in [2.45, 2.75) is 39.7 Å². The number of rotatable bonds is 9. The topological polar surface area (TPSA) is 39.7 Å². The molecule has 0 atom stereocenters. The van der Waals surface area contributed by atoms with Gasteiger partial charge in [-0.05, 0) is 26.0 Å². The Morgan fingerprint density at radius 2 is 1.86 bits per heavy atom. The van der Waals surface area contributed by atoms with Crippen LogP contribution in [-0.2, 0) is 17.8 Å². The molecule has 6 heteroatoms. The fraction of sp³-hybridized carbons (Fsp3) is 0.565. The average Bonchev–Trinajstić information content (AvgIpc) is 3.19. The van der Waals surface area contributed by atoms with E-state index < -0.39 is 0 Å². The third-order valence-corrected chi connectivity index (χ3v) is 6.54. The van der Waals surface area contributed by atoms with Gasteiger partial charge in [-0.3, -0.25) is 9.69 Å². The van der Waals surface area contributed by atoms with Gasteiger partial charge in [0, 0.05) is 56.8 Å². The lowest BCUT2D eigenvalue weighted by Gasteiger charge is -2.32. The molecule has 1 saturated heterocycles. The third kappa shape index (κ3) is 6.36. The highest BCUT2D eigenvalue weighted by atomic mass is 32.1. The van der Waals surface area contributed by atoms with Crippen molar-refractivity contribution < 1.29 is 4.79 Å². The highest BCUT2D eigenvalue weighted by Gasteiger charge is 2.16. The Morgan fingerprint density at radius 3 is 2.52 bits per heavy atom. The number of carbonyl (C=O) groups excluding carboxylic acids is 1. The first-order valence-corrected chi connectivity index (χ1v) is 11.7. The Kier molecular flexibility index (Phi) is 8.21. The maximum atomic E-state index is 12.5. The van der Waals surface area contributed by atoms with E-state index in [9.17, 15) is 4.79 Å². The van der Waals surface area contributed by atoms with E-state index in [0.717, 1.165) is 74.9 Å². The monoisotopic (exact) mass is 414 g/mol. The number of aromatic nitrogens is 1. The van der Waals surface area contributed by atoms with Crippen molar-refractivity contribution >= 4 is 17.2 Å². The summed E-state index contributed by atoms with van der Waals surface area (Å²) in [6.07, 6.45) is 2.56. The van der Waals surface area contributed by atoms with Gasteiger partial charge in [0.1, 0.15) is 5.01 Å². The van der Waals surface area contributed by atoms with Crippen LogP contribution in [0.15, 0.2) is 29.6 Å². The Morgan fingerprint density at radius 1 is 1.14 bits per heavy atom. The van der Waals surface area contributed by atoms with Crippen LogP contribution in [0.25, 0.3) is 10.6 Å². The molecule has 0 aliphatic carbocycles. The van der Waals surface area contributed by atoms with Crippen LogP contribution in [0.2, 0.25) is 0 Å². The van der Waals surface area contributed by atoms with Crippen molar-refractivity contribution in [2.24, 2.45) is 0 Å². The van der Waals surface area contributed by atoms with Crippen LogP contribution in [0.5, 0.6) is 0 Å². The lowest BCUT2D eigenvalue weighted by Crippen LogP contribution is -2.43. The van der Waals surface area contributed by atoms with Gasteiger partial charge < -0.3 is 9.80 Å². The lowest BCUT2D eigenvalue weighted by atomic mass is 10.1. The molecule has 0 bridgehead atoms. The molecule has 1 aliphatic heterocycles. The summed E-state index contributed by atoms with van der Waals surface area (Å²) >= 11 is 1.63. The van der Waals surface area contributed by atoms with Crippen molar-refractivity contribution in [3.05, 3.63) is 40.9 Å². The van der Waals surface area contributed by atoms with Crippen LogP contribution in [-0.4, -0.2) is 71.9 Å². The first-order valence-electron chi connectivity index (χ1n) is 10.8. The number of piperazine rings is 1. The Bertz CT molecular complexity index is 765. The molecular formula is C23H34N4OS. The number of hydrogen-bond donors (Lipinski definition) is 0. The summed E-state index contributed by atoms with van der Waals surface area (Å²) in [6, 6.07) is 8.75. The average molecular weight is 415 g/mol. The molecule has 1 amide bonds. The zero-order valence-electron chi connectivity index (χ0n) is 18.1. The highest BCUT2D eigenvalue weighted by molar-refractivity contribution is 7.13. The molecule has 0 radical (unpaired) electrons. The molecule has 0 N–H and O–H groups in total. The van der Waals surface area contributed by atoms with E-state index in [-0.39, 0.29) is 5.91 Å². The van der Waals surface area contributed by atoms with Gasteiger partial charge in [0.25, 0.3) is 0 Å². The molecule has 2 heterocycles. The predicted octanol–water partition coefficient (Wildman–Crippen LogP) is 3.75. The van der Waals surface area contributed by atoms with E-state index in [1.165, 1.54) is 5.56 Å². The normalized spacial score (nSPS) is 15.6. The number of amides is 1. The molecular weight excluding hydrogens is 380 g/mol. The summed E-state index contributed by atoms with van der Waals surface area (Å²) in [5.41, 5.74) is 3.36. The summed E-state index contributed by atoms with van der Waals surface area (Å²) < 4.78 is 0. The van der Waals surface area contributed by atoms with E-state index in [1.807, 2.05) is 17.2 Å². The van der Waals surface area contributed by atoms with Gasteiger partial charge in [0.15, 0.2) is 0 Å². The van der Waals surface area contributed by atoms with E-state index in [1.54, 1.807) is 11.3 Å². The summed E-state index contributed by atoms with van der Waals surface area (Å²) in [6.45, 7) is 11.4. The standard InChI is InChI=1S/C23H34N4OS/c1-4-6-11-27(5-2)22(28)16-21-18-29-23(24-21)20-9-7-19(8-10-20)17-26-14-12-25(3)13-15-26/h7-10,18H,4-6,11-17H2,1-3H3. The van der Waals surface area contributed by atoms with Crippen molar-refractivity contribution in [3.63, 3.8) is 0 Å². The molecule has 5 nitrogen and oxygen atoms in total. The van der Waals surface area contributed by atoms with Crippen LogP contribution in [0.1, 0.15) is 37.9 Å². The van der Waals surface area contributed by atoms with Gasteiger partial charge in [0.2, 0.25) is 5.91 Å². The largest absolute Gasteiger partial charge is 0.343 e. The summed E-state index contributed by atoms with van der Waals surface area (Å²) in [7, 11) is 2.19. The third-order valence-electron chi connectivity index (χ3n) is 5.60. The van der Waals surface area contributed by atoms with Gasteiger partial charge >= 0.3 is 0 Å². The van der Waals surface area contributed by atoms with Gasteiger partial charge in [-0.25, -0.2) is 4.98 Å². The molecule has 2 aromatic rings. The van der Waals surface area contributed by atoms with Crippen molar-refractivity contribution in [1.82, 2.24) is 19.7 Å². The zero-order chi connectivity index (χ0) is 20.6. The maximum Gasteiger partial charge on any atom is 0.228 e. The lowest BCUT2D eigenvalue weighted by molar-refractivity contribution is -0.130. The summed E-state index contributed by atoms with van der Waals surface area (Å²) in [5, 5.41) is 3.02. The Labute approximate surface area is 179 Å². The molecule has 0 saturated carbocycles. The number of benzene rings is 1. The predicted molar refractivity (Wildman–Crippen MR) is 121 cm³/mol. The summed E-state index contributed by atoms with van der Waals surface area (Å²) in [5.74, 6) is 0.181. The second-order valence-corrected chi connectivity index (χ2v) is 8.78. The highest BCUT2D eigenvalue weighted by Crippen LogP contribution is 2.25. The molecule has 0 unspecified atom stereocenters. The molecule has 1 aromatic carbocycles. The first-order chi connectivity index (χ1) is 14.1. The fourth-order valence-corrected chi connectivity index (χ4v) is 4.44. The molecule has 29 heavy (non-hydrogen) atoms. The SMILES string of the molecule is CCCCN(CC)C(=O)Cc1csc(-c2ccc(CN3CCN(C)CC3)cc2)n1. The van der Waals surface area contributed by atoms with Crippen LogP contribution >= 0.6 is 11.3 Å². The second kappa shape index (κ2) is 10.9. The van der Waals surface area contributed by atoms with Crippen molar-refractivity contribution in [3.8, 4) is 10.6 Å². The van der Waals surface area contributed by atoms with Crippen molar-refractivity contribution in [2.75, 3.05) is 46.3 Å². The number of nitrogens with zero attached hydrogens (tertiary/aromatic N) is 4. The van der Waals surface area contributed by atoms with Crippen molar-refractivity contribution in [1.29, 1.82) is 0 Å². The number of unbranched alkanes of at least 4 members (excludes halogenated alkanes) is 1. The van der Waals surface area contributed by atoms with Gasteiger partial charge in [-0.2, -0.15) is 0 Å². The number of hydrogen-bond acceptors (Lipinski definition) is 5. The van der Waals surface area contributed by atoms with Crippen LogP contribution in [0, 0.1) is 0 Å². The van der Waals surface area contributed by atoms with Gasteiger partial charge in [-0.1, -0.05) is 37.6 Å². The molecule has 0 spiro atoms. The zero-order valence-corrected chi connectivity index (χ0v) is 18.9. The quantitative estimate of drug-likeness (QED) is 0.627. The minimum absolute atomic E-state index is 0.181. The Hall–Kier alpha value is -1.76. The van der Waals surface area contributed by atoms with Gasteiger partial charge in [0.05, 0.1) is 12.1 Å².